The van der Waals surface area contributed by atoms with Gasteiger partial charge in [-0.25, -0.2) is 5.84 Å². The van der Waals surface area contributed by atoms with Crippen LogP contribution in [0.4, 0.5) is 0 Å². The van der Waals surface area contributed by atoms with Gasteiger partial charge in [-0.05, 0) is 35.7 Å². The van der Waals surface area contributed by atoms with Crippen LogP contribution in [0.3, 0.4) is 0 Å². The number of halogens is 1. The summed E-state index contributed by atoms with van der Waals surface area (Å²) in [5.41, 5.74) is 4.08. The lowest BCUT2D eigenvalue weighted by Crippen LogP contribution is -2.30. The highest BCUT2D eigenvalue weighted by Gasteiger charge is 2.24. The minimum atomic E-state index is -0.466. The predicted molar refractivity (Wildman–Crippen MR) is 95.9 cm³/mol. The number of nitrogens with one attached hydrogen (secondary N) is 1. The molecule has 130 valence electrons. The lowest BCUT2D eigenvalue weighted by molar-refractivity contribution is 0.0953. The Bertz CT molecular complexity index is 975. The van der Waals surface area contributed by atoms with E-state index in [1.54, 1.807) is 24.3 Å². The van der Waals surface area contributed by atoms with Crippen LogP contribution in [0.5, 0.6) is 5.75 Å². The number of nitrogens with zero attached hydrogens (tertiary/aromatic N) is 3. The third kappa shape index (κ3) is 3.16. The number of hydrogen-bond acceptors (Lipinski definition) is 5. The van der Waals surface area contributed by atoms with Crippen molar-refractivity contribution in [1.82, 2.24) is 20.4 Å². The normalized spacial score (nSPS) is 11.7. The van der Waals surface area contributed by atoms with Gasteiger partial charge in [0, 0.05) is 16.1 Å². The highest BCUT2D eigenvalue weighted by Crippen LogP contribution is 2.36. The zero-order valence-electron chi connectivity index (χ0n) is 14.0. The zero-order valence-corrected chi connectivity index (χ0v) is 14.8. The topological polar surface area (TPSA) is 106 Å². The molecule has 0 aliphatic rings. The van der Waals surface area contributed by atoms with E-state index in [9.17, 15) is 9.90 Å². The Kier molecular flexibility index (Phi) is 4.14. The molecule has 7 nitrogen and oxygen atoms in total. The highest BCUT2D eigenvalue weighted by molar-refractivity contribution is 6.31. The predicted octanol–water partition coefficient (Wildman–Crippen LogP) is 2.68. The number of aromatic nitrogens is 3. The fraction of sp³-hybridized carbons (Fsp3) is 0.235. The summed E-state index contributed by atoms with van der Waals surface area (Å²) in [6, 6.07) is 8.23. The van der Waals surface area contributed by atoms with Crippen LogP contribution in [0.2, 0.25) is 5.02 Å². The third-order valence-electron chi connectivity index (χ3n) is 3.85. The maximum absolute atomic E-state index is 12.0. The Morgan fingerprint density at radius 1 is 1.20 bits per heavy atom. The van der Waals surface area contributed by atoms with Crippen LogP contribution in [0.1, 0.15) is 36.7 Å². The van der Waals surface area contributed by atoms with Gasteiger partial charge in [0.25, 0.3) is 5.91 Å². The van der Waals surface area contributed by atoms with Crippen LogP contribution in [0.25, 0.3) is 16.7 Å². The second-order valence-electron chi connectivity index (χ2n) is 6.74. The van der Waals surface area contributed by atoms with Crippen LogP contribution >= 0.6 is 11.6 Å². The summed E-state index contributed by atoms with van der Waals surface area (Å²) < 4.78 is 0. The number of phenolic OH excluding ortho intramolecular Hbond substituents is 1. The van der Waals surface area contributed by atoms with Crippen molar-refractivity contribution in [3.8, 4) is 11.4 Å². The maximum Gasteiger partial charge on any atom is 0.265 e. The molecule has 0 saturated carbocycles. The van der Waals surface area contributed by atoms with Crippen LogP contribution in [-0.2, 0) is 5.41 Å². The van der Waals surface area contributed by atoms with E-state index in [4.69, 9.17) is 17.4 Å². The van der Waals surface area contributed by atoms with E-state index in [2.05, 4.69) is 15.6 Å². The van der Waals surface area contributed by atoms with Gasteiger partial charge in [-0.15, -0.1) is 15.0 Å². The number of aromatic hydroxyl groups is 1. The fourth-order valence-electron chi connectivity index (χ4n) is 2.55. The number of phenols is 1. The van der Waals surface area contributed by atoms with Gasteiger partial charge in [-0.3, -0.25) is 10.2 Å². The number of nitrogens with two attached hydrogens (primary N) is 1. The summed E-state index contributed by atoms with van der Waals surface area (Å²) in [7, 11) is 0. The lowest BCUT2D eigenvalue weighted by Gasteiger charge is -2.22. The van der Waals surface area contributed by atoms with Crippen LogP contribution in [0.15, 0.2) is 30.3 Å². The van der Waals surface area contributed by atoms with Crippen molar-refractivity contribution in [3.05, 3.63) is 46.5 Å². The molecule has 1 heterocycles. The van der Waals surface area contributed by atoms with Gasteiger partial charge in [0.2, 0.25) is 0 Å². The van der Waals surface area contributed by atoms with E-state index in [0.29, 0.717) is 32.9 Å². The zero-order chi connectivity index (χ0) is 18.4. The van der Waals surface area contributed by atoms with Crippen molar-refractivity contribution in [2.45, 2.75) is 26.2 Å². The van der Waals surface area contributed by atoms with Crippen molar-refractivity contribution in [3.63, 3.8) is 0 Å². The fourth-order valence-corrected chi connectivity index (χ4v) is 2.72. The monoisotopic (exact) mass is 359 g/mol. The average molecular weight is 360 g/mol. The number of nitrogen functional groups attached to an aromatic ring is 1. The molecular formula is C17H18ClN5O2. The Morgan fingerprint density at radius 3 is 2.52 bits per heavy atom. The third-order valence-corrected chi connectivity index (χ3v) is 4.08. The van der Waals surface area contributed by atoms with Gasteiger partial charge >= 0.3 is 0 Å². The van der Waals surface area contributed by atoms with E-state index in [0.717, 1.165) is 0 Å². The number of carbonyl (C=O) groups is 1. The second-order valence-corrected chi connectivity index (χ2v) is 7.17. The number of fused-ring (bicyclic) bond motifs is 1. The summed E-state index contributed by atoms with van der Waals surface area (Å²) in [5.74, 6) is 4.79. The number of hydrazine groups is 1. The summed E-state index contributed by atoms with van der Waals surface area (Å²) in [5, 5.41) is 20.0. The van der Waals surface area contributed by atoms with Crippen molar-refractivity contribution >= 4 is 28.5 Å². The van der Waals surface area contributed by atoms with Gasteiger partial charge in [0.15, 0.2) is 0 Å². The van der Waals surface area contributed by atoms with Crippen molar-refractivity contribution in [2.75, 3.05) is 0 Å². The maximum atomic E-state index is 12.0. The molecule has 1 aromatic heterocycles. The van der Waals surface area contributed by atoms with E-state index in [1.807, 2.05) is 20.8 Å². The minimum absolute atomic E-state index is 0.00692. The van der Waals surface area contributed by atoms with Crippen molar-refractivity contribution in [2.24, 2.45) is 5.84 Å². The molecule has 25 heavy (non-hydrogen) atoms. The van der Waals surface area contributed by atoms with Gasteiger partial charge in [0.1, 0.15) is 22.5 Å². The van der Waals surface area contributed by atoms with Gasteiger partial charge in [-0.1, -0.05) is 32.4 Å². The molecule has 0 aliphatic carbocycles. The van der Waals surface area contributed by atoms with Gasteiger partial charge < -0.3 is 5.11 Å². The van der Waals surface area contributed by atoms with E-state index >= 15 is 0 Å². The van der Waals surface area contributed by atoms with E-state index in [1.165, 1.54) is 10.9 Å². The molecule has 3 rings (SSSR count). The smallest absolute Gasteiger partial charge is 0.265 e. The highest BCUT2D eigenvalue weighted by atomic mass is 35.5. The number of hydrogen-bond donors (Lipinski definition) is 3. The Labute approximate surface area is 149 Å². The molecule has 0 radical (unpaired) electrons. The number of amides is 1. The van der Waals surface area contributed by atoms with Crippen LogP contribution in [0, 0.1) is 0 Å². The molecule has 0 bridgehead atoms. The number of rotatable bonds is 2. The summed E-state index contributed by atoms with van der Waals surface area (Å²) in [4.78, 5) is 13.3. The van der Waals surface area contributed by atoms with E-state index in [-0.39, 0.29) is 5.75 Å². The molecule has 0 unspecified atom stereocenters. The first kappa shape index (κ1) is 17.2. The average Bonchev–Trinajstić information content (AvgIpc) is 2.95. The second kappa shape index (κ2) is 6.02. The van der Waals surface area contributed by atoms with Gasteiger partial charge in [-0.2, -0.15) is 0 Å². The molecule has 0 saturated heterocycles. The SMILES string of the molecule is CC(C)(C)c1cc(C(=O)NN)cc(-n2nc3ccc(Cl)cc3n2)c1O. The van der Waals surface area contributed by atoms with Gasteiger partial charge in [0.05, 0.1) is 0 Å². The molecule has 0 aliphatic heterocycles. The Morgan fingerprint density at radius 2 is 1.88 bits per heavy atom. The first-order chi connectivity index (χ1) is 11.7. The standard InChI is InChI=1S/C17H18ClN5O2/c1-17(2,3)11-6-9(16(25)20-19)7-14(15(11)24)23-21-12-5-4-10(18)8-13(12)22-23/h4-8,24H,19H2,1-3H3,(H,20,25). The van der Waals surface area contributed by atoms with Crippen LogP contribution in [-0.4, -0.2) is 26.0 Å². The summed E-state index contributed by atoms with van der Waals surface area (Å²) in [6.45, 7) is 5.80. The minimum Gasteiger partial charge on any atom is -0.505 e. The molecule has 2 aromatic carbocycles. The molecule has 3 aromatic rings. The molecule has 0 spiro atoms. The van der Waals surface area contributed by atoms with E-state index < -0.39 is 11.3 Å². The molecule has 8 heteroatoms. The first-order valence-corrected chi connectivity index (χ1v) is 8.00. The van der Waals surface area contributed by atoms with Crippen molar-refractivity contribution in [1.29, 1.82) is 0 Å². The Hall–Kier alpha value is -2.64. The van der Waals surface area contributed by atoms with Crippen LogP contribution < -0.4 is 11.3 Å². The largest absolute Gasteiger partial charge is 0.505 e. The lowest BCUT2D eigenvalue weighted by atomic mass is 9.85. The quantitative estimate of drug-likeness (QED) is 0.370. The molecule has 1 amide bonds. The molecule has 4 N–H and O–H groups in total. The Balaban J connectivity index is 2.27. The molecular weight excluding hydrogens is 342 g/mol. The number of benzene rings is 2. The molecule has 0 fully saturated rings. The summed E-state index contributed by atoms with van der Waals surface area (Å²) in [6.07, 6.45) is 0. The van der Waals surface area contributed by atoms with Crippen molar-refractivity contribution < 1.29 is 9.90 Å². The number of carbonyl (C=O) groups excluding carboxylic acids is 1. The molecule has 0 atom stereocenters. The first-order valence-electron chi connectivity index (χ1n) is 7.62. The summed E-state index contributed by atoms with van der Waals surface area (Å²) >= 11 is 5.98.